The highest BCUT2D eigenvalue weighted by molar-refractivity contribution is 6.36. The summed E-state index contributed by atoms with van der Waals surface area (Å²) in [6.45, 7) is 11.2. The molecule has 6 heteroatoms. The van der Waals surface area contributed by atoms with Crippen LogP contribution < -0.4 is 4.90 Å². The van der Waals surface area contributed by atoms with Crippen molar-refractivity contribution in [2.75, 3.05) is 18.0 Å². The molecule has 2 heterocycles. The highest BCUT2D eigenvalue weighted by atomic mass is 35.5. The van der Waals surface area contributed by atoms with Gasteiger partial charge in [-0.3, -0.25) is 4.68 Å². The molecule has 0 atom stereocenters. The maximum absolute atomic E-state index is 6.52. The van der Waals surface area contributed by atoms with Crippen LogP contribution in [0.15, 0.2) is 24.3 Å². The van der Waals surface area contributed by atoms with E-state index in [1.165, 1.54) is 6.42 Å². The van der Waals surface area contributed by atoms with E-state index in [2.05, 4.69) is 31.7 Å². The Labute approximate surface area is 171 Å². The van der Waals surface area contributed by atoms with Crippen molar-refractivity contribution in [3.05, 3.63) is 40.0 Å². The molecule has 0 fully saturated rings. The number of hydrogen-bond donors (Lipinski definition) is 0. The van der Waals surface area contributed by atoms with Crippen LogP contribution in [0.2, 0.25) is 10.0 Å². The van der Waals surface area contributed by atoms with Gasteiger partial charge in [-0.15, -0.1) is 0 Å². The molecule has 0 spiro atoms. The van der Waals surface area contributed by atoms with Crippen molar-refractivity contribution in [3.8, 4) is 11.3 Å². The first-order chi connectivity index (χ1) is 13.0. The minimum absolute atomic E-state index is 0.613. The molecule has 0 N–H and O–H groups in total. The summed E-state index contributed by atoms with van der Waals surface area (Å²) in [6.07, 6.45) is 2.32. The van der Waals surface area contributed by atoms with E-state index < -0.39 is 0 Å². The van der Waals surface area contributed by atoms with Crippen molar-refractivity contribution in [2.45, 2.75) is 47.1 Å². The van der Waals surface area contributed by atoms with Gasteiger partial charge in [0, 0.05) is 35.9 Å². The van der Waals surface area contributed by atoms with Crippen molar-refractivity contribution >= 4 is 39.9 Å². The average Bonchev–Trinajstić information content (AvgIpc) is 3.00. The maximum Gasteiger partial charge on any atom is 0.135 e. The van der Waals surface area contributed by atoms with Gasteiger partial charge in [0.25, 0.3) is 0 Å². The fourth-order valence-corrected chi connectivity index (χ4v) is 3.92. The van der Waals surface area contributed by atoms with Crippen LogP contribution in [0.4, 0.5) is 5.69 Å². The van der Waals surface area contributed by atoms with Gasteiger partial charge in [-0.2, -0.15) is 5.10 Å². The molecule has 0 saturated carbocycles. The van der Waals surface area contributed by atoms with Gasteiger partial charge in [0.15, 0.2) is 0 Å². The van der Waals surface area contributed by atoms with Crippen molar-refractivity contribution in [1.29, 1.82) is 0 Å². The zero-order valence-corrected chi connectivity index (χ0v) is 17.9. The van der Waals surface area contributed by atoms with Crippen LogP contribution >= 0.6 is 23.2 Å². The van der Waals surface area contributed by atoms with Gasteiger partial charge in [-0.05, 0) is 51.5 Å². The second-order valence-corrected chi connectivity index (χ2v) is 7.55. The van der Waals surface area contributed by atoms with Crippen LogP contribution in [0.5, 0.6) is 0 Å². The molecule has 0 aliphatic heterocycles. The fourth-order valence-electron chi connectivity index (χ4n) is 3.42. The standard InChI is InChI=1S/C21H26Cl2N4/c1-5-8-11-26(6-2)18-12-14(4)24-20-19(18)25-27(7-3)21(20)16-10-9-15(22)13-17(16)23/h9-10,12-13H,5-8,11H2,1-4H3. The van der Waals surface area contributed by atoms with E-state index in [9.17, 15) is 0 Å². The summed E-state index contributed by atoms with van der Waals surface area (Å²) in [5.74, 6) is 0. The van der Waals surface area contributed by atoms with E-state index in [0.29, 0.717) is 10.0 Å². The third kappa shape index (κ3) is 3.92. The number of anilines is 1. The first kappa shape index (κ1) is 20.0. The first-order valence-electron chi connectivity index (χ1n) is 9.58. The molecule has 3 aromatic rings. The van der Waals surface area contributed by atoms with Gasteiger partial charge in [0.05, 0.1) is 16.4 Å². The molecule has 0 bridgehead atoms. The maximum atomic E-state index is 6.52. The molecule has 0 amide bonds. The molecule has 0 unspecified atom stereocenters. The van der Waals surface area contributed by atoms with Crippen molar-refractivity contribution in [3.63, 3.8) is 0 Å². The Morgan fingerprint density at radius 2 is 1.85 bits per heavy atom. The highest BCUT2D eigenvalue weighted by Gasteiger charge is 2.21. The van der Waals surface area contributed by atoms with Crippen molar-refractivity contribution in [1.82, 2.24) is 14.8 Å². The summed E-state index contributed by atoms with van der Waals surface area (Å²) in [5, 5.41) is 6.15. The molecular formula is C21H26Cl2N4. The van der Waals surface area contributed by atoms with Gasteiger partial charge in [0.2, 0.25) is 0 Å². The van der Waals surface area contributed by atoms with E-state index >= 15 is 0 Å². The van der Waals surface area contributed by atoms with Crippen molar-refractivity contribution in [2.24, 2.45) is 0 Å². The summed E-state index contributed by atoms with van der Waals surface area (Å²) in [5.41, 5.74) is 5.81. The normalized spacial score (nSPS) is 11.3. The Bertz CT molecular complexity index is 949. The van der Waals surface area contributed by atoms with E-state index in [1.54, 1.807) is 6.07 Å². The molecule has 1 aromatic carbocycles. The zero-order valence-electron chi connectivity index (χ0n) is 16.4. The number of pyridine rings is 1. The SMILES string of the molecule is CCCCN(CC)c1cc(C)nc2c(-c3ccc(Cl)cc3Cl)n(CC)nc12. The lowest BCUT2D eigenvalue weighted by atomic mass is 10.1. The van der Waals surface area contributed by atoms with Crippen molar-refractivity contribution < 1.29 is 0 Å². The minimum Gasteiger partial charge on any atom is -0.370 e. The van der Waals surface area contributed by atoms with Gasteiger partial charge < -0.3 is 4.90 Å². The predicted octanol–water partition coefficient (Wildman–Crippen LogP) is 6.36. The molecule has 27 heavy (non-hydrogen) atoms. The third-order valence-electron chi connectivity index (χ3n) is 4.79. The largest absolute Gasteiger partial charge is 0.370 e. The van der Waals surface area contributed by atoms with E-state index in [4.69, 9.17) is 33.3 Å². The van der Waals surface area contributed by atoms with Gasteiger partial charge in [-0.25, -0.2) is 4.98 Å². The van der Waals surface area contributed by atoms with Gasteiger partial charge in [0.1, 0.15) is 11.0 Å². The number of rotatable bonds is 7. The Kier molecular flexibility index (Phi) is 6.28. The molecule has 0 aliphatic carbocycles. The Morgan fingerprint density at radius 1 is 1.07 bits per heavy atom. The van der Waals surface area contributed by atoms with E-state index in [0.717, 1.165) is 59.7 Å². The lowest BCUT2D eigenvalue weighted by molar-refractivity contribution is 0.674. The number of halogens is 2. The monoisotopic (exact) mass is 404 g/mol. The third-order valence-corrected chi connectivity index (χ3v) is 5.34. The van der Waals surface area contributed by atoms with Crippen LogP contribution in [-0.4, -0.2) is 27.9 Å². The summed E-state index contributed by atoms with van der Waals surface area (Å²) in [6, 6.07) is 7.72. The fraction of sp³-hybridized carbons (Fsp3) is 0.429. The van der Waals surface area contributed by atoms with Crippen LogP contribution in [0, 0.1) is 6.92 Å². The van der Waals surface area contributed by atoms with E-state index in [1.807, 2.05) is 23.7 Å². The minimum atomic E-state index is 0.613. The number of aryl methyl sites for hydroxylation is 2. The lowest BCUT2D eigenvalue weighted by Gasteiger charge is -2.23. The predicted molar refractivity (Wildman–Crippen MR) is 116 cm³/mol. The second kappa shape index (κ2) is 8.49. The quantitative estimate of drug-likeness (QED) is 0.459. The number of aromatic nitrogens is 3. The summed E-state index contributed by atoms with van der Waals surface area (Å²) in [4.78, 5) is 7.23. The molecule has 0 aliphatic rings. The van der Waals surface area contributed by atoms with Crippen LogP contribution in [0.25, 0.3) is 22.3 Å². The lowest BCUT2D eigenvalue weighted by Crippen LogP contribution is -2.24. The van der Waals surface area contributed by atoms with E-state index in [-0.39, 0.29) is 0 Å². The summed E-state index contributed by atoms with van der Waals surface area (Å²) >= 11 is 12.6. The second-order valence-electron chi connectivity index (χ2n) is 6.70. The number of fused-ring (bicyclic) bond motifs is 1. The van der Waals surface area contributed by atoms with Crippen LogP contribution in [0.1, 0.15) is 39.3 Å². The number of benzene rings is 1. The highest BCUT2D eigenvalue weighted by Crippen LogP contribution is 2.37. The Balaban J connectivity index is 2.26. The topological polar surface area (TPSA) is 34.0 Å². The molecule has 3 rings (SSSR count). The molecule has 0 radical (unpaired) electrons. The van der Waals surface area contributed by atoms with Gasteiger partial charge >= 0.3 is 0 Å². The van der Waals surface area contributed by atoms with Gasteiger partial charge in [-0.1, -0.05) is 36.5 Å². The van der Waals surface area contributed by atoms with Crippen LogP contribution in [-0.2, 0) is 6.54 Å². The molecule has 4 nitrogen and oxygen atoms in total. The Morgan fingerprint density at radius 3 is 2.48 bits per heavy atom. The Hall–Kier alpha value is -1.78. The number of unbranched alkanes of at least 4 members (excludes halogenated alkanes) is 1. The molecule has 0 saturated heterocycles. The molecular weight excluding hydrogens is 379 g/mol. The molecule has 2 aromatic heterocycles. The first-order valence-corrected chi connectivity index (χ1v) is 10.3. The van der Waals surface area contributed by atoms with Crippen LogP contribution in [0.3, 0.4) is 0 Å². The average molecular weight is 405 g/mol. The summed E-state index contributed by atoms with van der Waals surface area (Å²) < 4.78 is 1.99. The number of hydrogen-bond acceptors (Lipinski definition) is 3. The summed E-state index contributed by atoms with van der Waals surface area (Å²) in [7, 11) is 0. The number of nitrogens with zero attached hydrogens (tertiary/aromatic N) is 4. The molecule has 144 valence electrons. The smallest absolute Gasteiger partial charge is 0.135 e. The zero-order chi connectivity index (χ0) is 19.6.